The number of halogens is 3. The Bertz CT molecular complexity index is 459. The van der Waals surface area contributed by atoms with E-state index in [1.165, 1.54) is 17.4 Å². The molecule has 1 nitrogen and oxygen atoms in total. The summed E-state index contributed by atoms with van der Waals surface area (Å²) >= 11 is 1.49. The lowest BCUT2D eigenvalue weighted by molar-refractivity contribution is 0.506. The van der Waals surface area contributed by atoms with Gasteiger partial charge in [0.05, 0.1) is 6.04 Å². The van der Waals surface area contributed by atoms with E-state index >= 15 is 0 Å². The summed E-state index contributed by atoms with van der Waals surface area (Å²) in [6, 6.07) is 7.09. The van der Waals surface area contributed by atoms with Crippen LogP contribution in [0.1, 0.15) is 16.5 Å². The fraction of sp³-hybridized carbons (Fsp3) is 0.0909. The van der Waals surface area contributed by atoms with Crippen molar-refractivity contribution in [2.45, 2.75) is 6.04 Å². The molecular weight excluding hydrogens is 252 g/mol. The number of thiophene rings is 1. The maximum Gasteiger partial charge on any atom is 0.159 e. The molecule has 0 aliphatic heterocycles. The van der Waals surface area contributed by atoms with Crippen molar-refractivity contribution in [2.24, 2.45) is 5.73 Å². The Labute approximate surface area is 102 Å². The van der Waals surface area contributed by atoms with Gasteiger partial charge < -0.3 is 5.73 Å². The predicted octanol–water partition coefficient (Wildman–Crippen LogP) is 3.50. The molecule has 1 aromatic carbocycles. The van der Waals surface area contributed by atoms with Gasteiger partial charge in [-0.25, -0.2) is 8.78 Å². The Hall–Kier alpha value is -0.970. The van der Waals surface area contributed by atoms with E-state index in [2.05, 4.69) is 0 Å². The molecule has 86 valence electrons. The van der Waals surface area contributed by atoms with E-state index in [4.69, 9.17) is 5.73 Å². The minimum atomic E-state index is -0.862. The smallest absolute Gasteiger partial charge is 0.159 e. The lowest BCUT2D eigenvalue weighted by atomic mass is 10.1. The highest BCUT2D eigenvalue weighted by Gasteiger charge is 2.12. The first kappa shape index (κ1) is 13.1. The van der Waals surface area contributed by atoms with E-state index in [9.17, 15) is 8.78 Å². The third-order valence-electron chi connectivity index (χ3n) is 2.15. The van der Waals surface area contributed by atoms with Crippen LogP contribution < -0.4 is 5.73 Å². The van der Waals surface area contributed by atoms with Crippen molar-refractivity contribution < 1.29 is 8.78 Å². The molecule has 0 radical (unpaired) electrons. The van der Waals surface area contributed by atoms with E-state index in [1.807, 2.05) is 17.5 Å². The van der Waals surface area contributed by atoms with Gasteiger partial charge in [0.15, 0.2) is 11.6 Å². The summed E-state index contributed by atoms with van der Waals surface area (Å²) in [4.78, 5) is 0.931. The van der Waals surface area contributed by atoms with Crippen LogP contribution in [0.3, 0.4) is 0 Å². The van der Waals surface area contributed by atoms with Gasteiger partial charge >= 0.3 is 0 Å². The van der Waals surface area contributed by atoms with Crippen LogP contribution in [0.25, 0.3) is 0 Å². The van der Waals surface area contributed by atoms with E-state index in [0.29, 0.717) is 5.56 Å². The number of hydrogen-bond acceptors (Lipinski definition) is 2. The summed E-state index contributed by atoms with van der Waals surface area (Å²) in [6.45, 7) is 0. The van der Waals surface area contributed by atoms with E-state index in [0.717, 1.165) is 17.0 Å². The molecule has 2 aromatic rings. The highest BCUT2D eigenvalue weighted by atomic mass is 35.5. The van der Waals surface area contributed by atoms with Crippen LogP contribution in [0.2, 0.25) is 0 Å². The molecule has 0 amide bonds. The van der Waals surface area contributed by atoms with Crippen molar-refractivity contribution in [1.29, 1.82) is 0 Å². The predicted molar refractivity (Wildman–Crippen MR) is 64.0 cm³/mol. The van der Waals surface area contributed by atoms with Crippen molar-refractivity contribution in [2.75, 3.05) is 0 Å². The molecule has 1 heterocycles. The minimum Gasteiger partial charge on any atom is -0.320 e. The topological polar surface area (TPSA) is 26.0 Å². The number of benzene rings is 1. The van der Waals surface area contributed by atoms with Crippen LogP contribution in [0.5, 0.6) is 0 Å². The Morgan fingerprint density at radius 3 is 2.44 bits per heavy atom. The fourth-order valence-corrected chi connectivity index (χ4v) is 2.09. The zero-order chi connectivity index (χ0) is 10.8. The number of rotatable bonds is 2. The van der Waals surface area contributed by atoms with Gasteiger partial charge in [0.2, 0.25) is 0 Å². The molecule has 16 heavy (non-hydrogen) atoms. The molecule has 5 heteroatoms. The summed E-state index contributed by atoms with van der Waals surface area (Å²) in [7, 11) is 0. The van der Waals surface area contributed by atoms with Gasteiger partial charge in [-0.2, -0.15) is 0 Å². The largest absolute Gasteiger partial charge is 0.320 e. The van der Waals surface area contributed by atoms with Gasteiger partial charge in [-0.05, 0) is 29.1 Å². The second-order valence-corrected chi connectivity index (χ2v) is 4.15. The van der Waals surface area contributed by atoms with Gasteiger partial charge in [0.25, 0.3) is 0 Å². The summed E-state index contributed by atoms with van der Waals surface area (Å²) in [5.74, 6) is -1.71. The molecule has 0 aliphatic carbocycles. The molecular formula is C11H10ClF2NS. The molecule has 0 aliphatic rings. The summed E-state index contributed by atoms with van der Waals surface area (Å²) in [6.07, 6.45) is 0. The van der Waals surface area contributed by atoms with Crippen molar-refractivity contribution in [3.63, 3.8) is 0 Å². The molecule has 1 atom stereocenters. The molecule has 0 fully saturated rings. The first-order valence-corrected chi connectivity index (χ1v) is 5.30. The maximum absolute atomic E-state index is 13.0. The van der Waals surface area contributed by atoms with Gasteiger partial charge in [-0.1, -0.05) is 12.1 Å². The summed E-state index contributed by atoms with van der Waals surface area (Å²) in [5.41, 5.74) is 6.48. The Balaban J connectivity index is 0.00000128. The highest BCUT2D eigenvalue weighted by molar-refractivity contribution is 7.10. The standard InChI is InChI=1S/C11H9F2NS.ClH/c12-8-4-3-7(6-9(8)13)11(14)10-2-1-5-15-10;/h1-6,11H,14H2;1H/t11-;/m1./s1. The van der Waals surface area contributed by atoms with Gasteiger partial charge in [-0.15, -0.1) is 23.7 Å². The lowest BCUT2D eigenvalue weighted by Gasteiger charge is -2.09. The molecule has 2 N–H and O–H groups in total. The maximum atomic E-state index is 13.0. The Morgan fingerprint density at radius 1 is 1.12 bits per heavy atom. The van der Waals surface area contributed by atoms with Crippen molar-refractivity contribution in [3.05, 3.63) is 57.8 Å². The number of nitrogens with two attached hydrogens (primary N) is 1. The average molecular weight is 262 g/mol. The first-order valence-electron chi connectivity index (χ1n) is 4.42. The Morgan fingerprint density at radius 2 is 1.88 bits per heavy atom. The summed E-state index contributed by atoms with van der Waals surface area (Å²) < 4.78 is 25.6. The third kappa shape index (κ3) is 2.58. The van der Waals surface area contributed by atoms with Crippen LogP contribution in [0.15, 0.2) is 35.7 Å². The number of hydrogen-bond donors (Lipinski definition) is 1. The van der Waals surface area contributed by atoms with E-state index < -0.39 is 11.6 Å². The Kier molecular flexibility index (Phi) is 4.41. The lowest BCUT2D eigenvalue weighted by Crippen LogP contribution is -2.10. The van der Waals surface area contributed by atoms with Crippen molar-refractivity contribution in [3.8, 4) is 0 Å². The van der Waals surface area contributed by atoms with Crippen LogP contribution in [-0.2, 0) is 0 Å². The van der Waals surface area contributed by atoms with Crippen LogP contribution in [-0.4, -0.2) is 0 Å². The van der Waals surface area contributed by atoms with Crippen molar-refractivity contribution in [1.82, 2.24) is 0 Å². The molecule has 0 spiro atoms. The van der Waals surface area contributed by atoms with E-state index in [-0.39, 0.29) is 18.4 Å². The SMILES string of the molecule is Cl.N[C@H](c1ccc(F)c(F)c1)c1cccs1. The van der Waals surface area contributed by atoms with Crippen LogP contribution >= 0.6 is 23.7 Å². The molecule has 0 saturated carbocycles. The monoisotopic (exact) mass is 261 g/mol. The highest BCUT2D eigenvalue weighted by Crippen LogP contribution is 2.24. The zero-order valence-corrected chi connectivity index (χ0v) is 9.82. The third-order valence-corrected chi connectivity index (χ3v) is 3.11. The fourth-order valence-electron chi connectivity index (χ4n) is 1.34. The van der Waals surface area contributed by atoms with Gasteiger partial charge in [0, 0.05) is 4.88 Å². The zero-order valence-electron chi connectivity index (χ0n) is 8.19. The van der Waals surface area contributed by atoms with Gasteiger partial charge in [0.1, 0.15) is 0 Å². The minimum absolute atomic E-state index is 0. The second-order valence-electron chi connectivity index (χ2n) is 3.17. The molecule has 0 bridgehead atoms. The summed E-state index contributed by atoms with van der Waals surface area (Å²) in [5, 5.41) is 1.90. The first-order chi connectivity index (χ1) is 7.18. The molecule has 2 rings (SSSR count). The quantitative estimate of drug-likeness (QED) is 0.880. The molecule has 0 saturated heterocycles. The second kappa shape index (κ2) is 5.39. The van der Waals surface area contributed by atoms with Crippen LogP contribution in [0.4, 0.5) is 8.78 Å². The average Bonchev–Trinajstić information content (AvgIpc) is 2.74. The van der Waals surface area contributed by atoms with Crippen molar-refractivity contribution >= 4 is 23.7 Å². The van der Waals surface area contributed by atoms with E-state index in [1.54, 1.807) is 0 Å². The molecule has 1 aromatic heterocycles. The van der Waals surface area contributed by atoms with Crippen LogP contribution in [0, 0.1) is 11.6 Å². The van der Waals surface area contributed by atoms with Gasteiger partial charge in [-0.3, -0.25) is 0 Å². The normalized spacial score (nSPS) is 11.9. The molecule has 0 unspecified atom stereocenters.